The Labute approximate surface area is 175 Å². The highest BCUT2D eigenvalue weighted by molar-refractivity contribution is 6.37. The molecule has 1 aliphatic rings. The number of carbonyl (C=O) groups excluding carboxylic acids is 2. The fourth-order valence-corrected chi connectivity index (χ4v) is 3.47. The van der Waals surface area contributed by atoms with Crippen LogP contribution >= 0.6 is 23.2 Å². The van der Waals surface area contributed by atoms with Crippen molar-refractivity contribution < 1.29 is 19.1 Å². The number of esters is 1. The number of ether oxygens (including phenoxy) is 2. The van der Waals surface area contributed by atoms with E-state index in [2.05, 4.69) is 10.6 Å². The van der Waals surface area contributed by atoms with E-state index in [4.69, 9.17) is 32.7 Å². The van der Waals surface area contributed by atoms with Gasteiger partial charge in [-0.1, -0.05) is 50.9 Å². The molecule has 154 valence electrons. The van der Waals surface area contributed by atoms with Crippen LogP contribution in [-0.4, -0.2) is 25.2 Å². The highest BCUT2D eigenvalue weighted by Crippen LogP contribution is 2.39. The molecule has 1 aromatic carbocycles. The molecule has 8 heteroatoms. The largest absolute Gasteiger partial charge is 0.490 e. The highest BCUT2D eigenvalue weighted by atomic mass is 35.5. The molecule has 0 spiro atoms. The van der Waals surface area contributed by atoms with Gasteiger partial charge in [-0.05, 0) is 36.5 Å². The minimum atomic E-state index is -0.737. The van der Waals surface area contributed by atoms with E-state index < -0.39 is 18.0 Å². The summed E-state index contributed by atoms with van der Waals surface area (Å²) in [6.45, 7) is 10.2. The second-order valence-electron chi connectivity index (χ2n) is 7.25. The predicted molar refractivity (Wildman–Crippen MR) is 110 cm³/mol. The van der Waals surface area contributed by atoms with E-state index in [-0.39, 0.29) is 12.5 Å². The number of benzene rings is 1. The summed E-state index contributed by atoms with van der Waals surface area (Å²) in [5, 5.41) is 6.10. The first-order chi connectivity index (χ1) is 13.1. The maximum Gasteiger partial charge on any atom is 0.338 e. The van der Waals surface area contributed by atoms with Gasteiger partial charge in [0.05, 0.1) is 34.9 Å². The van der Waals surface area contributed by atoms with E-state index in [0.717, 1.165) is 0 Å². The Morgan fingerprint density at radius 2 is 1.79 bits per heavy atom. The molecule has 0 bridgehead atoms. The van der Waals surface area contributed by atoms with Gasteiger partial charge in [0, 0.05) is 5.70 Å². The standard InChI is InChI=1S/C20H26Cl2N2O4/c1-6-27-19(25)15-16(11(4)5)23-20(26)24-17(15)12-7-13(21)18(14(22)8-12)28-9-10(2)3/h7-8,10-11,17H,6,9H2,1-5H3,(H2,23,24,26). The van der Waals surface area contributed by atoms with Gasteiger partial charge in [0.25, 0.3) is 0 Å². The van der Waals surface area contributed by atoms with Crippen molar-refractivity contribution in [2.24, 2.45) is 11.8 Å². The molecule has 0 radical (unpaired) electrons. The molecular weight excluding hydrogens is 403 g/mol. The molecule has 1 unspecified atom stereocenters. The normalized spacial score (nSPS) is 16.9. The molecule has 1 heterocycles. The molecule has 2 N–H and O–H groups in total. The molecule has 1 atom stereocenters. The summed E-state index contributed by atoms with van der Waals surface area (Å²) >= 11 is 12.8. The van der Waals surface area contributed by atoms with Crippen molar-refractivity contribution in [3.63, 3.8) is 0 Å². The lowest BCUT2D eigenvalue weighted by molar-refractivity contribution is -0.139. The zero-order chi connectivity index (χ0) is 21.0. The number of amides is 2. The first-order valence-corrected chi connectivity index (χ1v) is 10.0. The summed E-state index contributed by atoms with van der Waals surface area (Å²) < 4.78 is 10.9. The van der Waals surface area contributed by atoms with Crippen LogP contribution in [0.25, 0.3) is 0 Å². The van der Waals surface area contributed by atoms with Crippen LogP contribution < -0.4 is 15.4 Å². The molecule has 0 saturated carbocycles. The molecule has 28 heavy (non-hydrogen) atoms. The van der Waals surface area contributed by atoms with Crippen LogP contribution in [0.15, 0.2) is 23.4 Å². The second-order valence-corrected chi connectivity index (χ2v) is 8.07. The fraction of sp³-hybridized carbons (Fsp3) is 0.500. The van der Waals surface area contributed by atoms with Gasteiger partial charge in [0.15, 0.2) is 5.75 Å². The summed E-state index contributed by atoms with van der Waals surface area (Å²) in [4.78, 5) is 24.9. The Balaban J connectivity index is 2.52. The fourth-order valence-electron chi connectivity index (χ4n) is 2.86. The number of nitrogens with one attached hydrogen (secondary N) is 2. The second kappa shape index (κ2) is 9.52. The number of hydrogen-bond acceptors (Lipinski definition) is 4. The monoisotopic (exact) mass is 428 g/mol. The Kier molecular flexibility index (Phi) is 7.61. The third kappa shape index (κ3) is 5.11. The summed E-state index contributed by atoms with van der Waals surface area (Å²) in [7, 11) is 0. The van der Waals surface area contributed by atoms with Gasteiger partial charge < -0.3 is 20.1 Å². The van der Waals surface area contributed by atoms with E-state index >= 15 is 0 Å². The van der Waals surface area contributed by atoms with Crippen molar-refractivity contribution in [3.8, 4) is 5.75 Å². The molecule has 1 aromatic rings. The lowest BCUT2D eigenvalue weighted by atomic mass is 9.91. The minimum Gasteiger partial charge on any atom is -0.490 e. The van der Waals surface area contributed by atoms with Gasteiger partial charge in [0.1, 0.15) is 0 Å². The first kappa shape index (κ1) is 22.4. The van der Waals surface area contributed by atoms with Gasteiger partial charge in [-0.15, -0.1) is 0 Å². The lowest BCUT2D eigenvalue weighted by Gasteiger charge is -2.31. The molecular formula is C20H26Cl2N2O4. The summed E-state index contributed by atoms with van der Waals surface area (Å²) in [6, 6.07) is 2.15. The Bertz CT molecular complexity index is 767. The van der Waals surface area contributed by atoms with E-state index in [9.17, 15) is 9.59 Å². The SMILES string of the molecule is CCOC(=O)C1=C(C(C)C)NC(=O)NC1c1cc(Cl)c(OCC(C)C)c(Cl)c1. The van der Waals surface area contributed by atoms with Gasteiger partial charge in [-0.3, -0.25) is 0 Å². The number of allylic oxidation sites excluding steroid dienone is 1. The van der Waals surface area contributed by atoms with E-state index in [1.807, 2.05) is 27.7 Å². The van der Waals surface area contributed by atoms with Crippen LogP contribution in [0.3, 0.4) is 0 Å². The molecule has 6 nitrogen and oxygen atoms in total. The van der Waals surface area contributed by atoms with E-state index in [0.29, 0.717) is 45.2 Å². The number of halogens is 2. The maximum absolute atomic E-state index is 12.7. The topological polar surface area (TPSA) is 76.7 Å². The van der Waals surface area contributed by atoms with Gasteiger partial charge in [-0.2, -0.15) is 0 Å². The van der Waals surface area contributed by atoms with Crippen molar-refractivity contribution in [1.29, 1.82) is 0 Å². The summed E-state index contributed by atoms with van der Waals surface area (Å²) in [5.74, 6) is 0.0953. The van der Waals surface area contributed by atoms with Gasteiger partial charge in [-0.25, -0.2) is 9.59 Å². The van der Waals surface area contributed by atoms with Crippen molar-refractivity contribution >= 4 is 35.2 Å². The van der Waals surface area contributed by atoms with E-state index in [1.54, 1.807) is 19.1 Å². The molecule has 0 fully saturated rings. The van der Waals surface area contributed by atoms with Crippen LogP contribution in [0.2, 0.25) is 10.0 Å². The number of urea groups is 1. The molecule has 2 amide bonds. The number of carbonyl (C=O) groups is 2. The van der Waals surface area contributed by atoms with Crippen LogP contribution in [0.1, 0.15) is 46.2 Å². The first-order valence-electron chi connectivity index (χ1n) is 9.26. The van der Waals surface area contributed by atoms with Crippen molar-refractivity contribution in [2.75, 3.05) is 13.2 Å². The quantitative estimate of drug-likeness (QED) is 0.608. The number of rotatable bonds is 7. The average Bonchev–Trinajstić information content (AvgIpc) is 2.59. The minimum absolute atomic E-state index is 0.0902. The lowest BCUT2D eigenvalue weighted by Crippen LogP contribution is -2.47. The third-order valence-corrected chi connectivity index (χ3v) is 4.65. The van der Waals surface area contributed by atoms with Crippen molar-refractivity contribution in [3.05, 3.63) is 39.0 Å². The Morgan fingerprint density at radius 1 is 1.18 bits per heavy atom. The van der Waals surface area contributed by atoms with Crippen LogP contribution in [-0.2, 0) is 9.53 Å². The summed E-state index contributed by atoms with van der Waals surface area (Å²) in [5.41, 5.74) is 1.42. The van der Waals surface area contributed by atoms with Crippen molar-refractivity contribution in [1.82, 2.24) is 10.6 Å². The zero-order valence-electron chi connectivity index (χ0n) is 16.7. The van der Waals surface area contributed by atoms with Crippen LogP contribution in [0.5, 0.6) is 5.75 Å². The average molecular weight is 429 g/mol. The van der Waals surface area contributed by atoms with Crippen molar-refractivity contribution in [2.45, 2.75) is 40.7 Å². The smallest absolute Gasteiger partial charge is 0.338 e. The van der Waals surface area contributed by atoms with E-state index in [1.165, 1.54) is 0 Å². The molecule has 2 rings (SSSR count). The van der Waals surface area contributed by atoms with Crippen LogP contribution in [0.4, 0.5) is 4.79 Å². The predicted octanol–water partition coefficient (Wildman–Crippen LogP) is 4.86. The molecule has 0 aromatic heterocycles. The number of hydrogen-bond donors (Lipinski definition) is 2. The summed E-state index contributed by atoms with van der Waals surface area (Å²) in [6.07, 6.45) is 0. The van der Waals surface area contributed by atoms with Gasteiger partial charge in [0.2, 0.25) is 0 Å². The van der Waals surface area contributed by atoms with Crippen LogP contribution in [0, 0.1) is 11.8 Å². The Morgan fingerprint density at radius 3 is 2.29 bits per heavy atom. The highest BCUT2D eigenvalue weighted by Gasteiger charge is 2.35. The third-order valence-electron chi connectivity index (χ3n) is 4.09. The Hall–Kier alpha value is -1.92. The maximum atomic E-state index is 12.7. The molecule has 0 aliphatic carbocycles. The van der Waals surface area contributed by atoms with Gasteiger partial charge >= 0.3 is 12.0 Å². The molecule has 1 aliphatic heterocycles. The zero-order valence-corrected chi connectivity index (χ0v) is 18.2. The molecule has 0 saturated heterocycles.